The maximum Gasteiger partial charge on any atom is 0.176 e. The Morgan fingerprint density at radius 1 is 0.682 bits per heavy atom. The SMILES string of the molecule is CC(=O)C(OOC(C(C)=O)c1ccccc1)c1ccccc1. The van der Waals surface area contributed by atoms with Gasteiger partial charge in [0.15, 0.2) is 23.8 Å². The molecule has 0 aromatic heterocycles. The third-order valence-electron chi connectivity index (χ3n) is 3.19. The first-order chi connectivity index (χ1) is 10.6. The fraction of sp³-hybridized carbons (Fsp3) is 0.222. The second-order valence-corrected chi connectivity index (χ2v) is 5.00. The summed E-state index contributed by atoms with van der Waals surface area (Å²) in [6.45, 7) is 2.85. The van der Waals surface area contributed by atoms with Crippen molar-refractivity contribution < 1.29 is 19.4 Å². The first-order valence-corrected chi connectivity index (χ1v) is 7.02. The van der Waals surface area contributed by atoms with Crippen LogP contribution in [-0.2, 0) is 19.4 Å². The van der Waals surface area contributed by atoms with Gasteiger partial charge in [-0.15, -0.1) is 0 Å². The molecule has 114 valence electrons. The average molecular weight is 298 g/mol. The van der Waals surface area contributed by atoms with E-state index in [1.165, 1.54) is 13.8 Å². The Labute approximate surface area is 129 Å². The molecule has 0 heterocycles. The van der Waals surface area contributed by atoms with Gasteiger partial charge in [-0.2, -0.15) is 0 Å². The molecule has 2 rings (SSSR count). The minimum atomic E-state index is -0.855. The monoisotopic (exact) mass is 298 g/mol. The number of rotatable bonds is 7. The predicted molar refractivity (Wildman–Crippen MR) is 81.9 cm³/mol. The van der Waals surface area contributed by atoms with Crippen LogP contribution in [0.25, 0.3) is 0 Å². The van der Waals surface area contributed by atoms with Crippen molar-refractivity contribution in [1.29, 1.82) is 0 Å². The Kier molecular flexibility index (Phi) is 5.58. The van der Waals surface area contributed by atoms with E-state index in [4.69, 9.17) is 9.78 Å². The van der Waals surface area contributed by atoms with Gasteiger partial charge in [-0.3, -0.25) is 9.59 Å². The van der Waals surface area contributed by atoms with Crippen molar-refractivity contribution in [3.63, 3.8) is 0 Å². The molecule has 0 saturated heterocycles. The minimum absolute atomic E-state index is 0.193. The van der Waals surface area contributed by atoms with E-state index < -0.39 is 12.2 Å². The van der Waals surface area contributed by atoms with Crippen molar-refractivity contribution >= 4 is 11.6 Å². The van der Waals surface area contributed by atoms with Crippen molar-refractivity contribution in [2.45, 2.75) is 26.1 Å². The lowest BCUT2D eigenvalue weighted by Crippen LogP contribution is -2.19. The Morgan fingerprint density at radius 3 is 1.27 bits per heavy atom. The van der Waals surface area contributed by atoms with E-state index in [1.807, 2.05) is 36.4 Å². The molecule has 0 fully saturated rings. The molecule has 0 amide bonds. The molecule has 0 aliphatic rings. The zero-order valence-corrected chi connectivity index (χ0v) is 12.6. The van der Waals surface area contributed by atoms with Crippen LogP contribution in [0.5, 0.6) is 0 Å². The van der Waals surface area contributed by atoms with Crippen molar-refractivity contribution in [2.75, 3.05) is 0 Å². The van der Waals surface area contributed by atoms with Crippen LogP contribution in [0, 0.1) is 0 Å². The second kappa shape index (κ2) is 7.64. The quantitative estimate of drug-likeness (QED) is 0.579. The highest BCUT2D eigenvalue weighted by atomic mass is 17.2. The summed E-state index contributed by atoms with van der Waals surface area (Å²) in [6.07, 6.45) is -1.71. The van der Waals surface area contributed by atoms with Gasteiger partial charge in [-0.1, -0.05) is 60.7 Å². The lowest BCUT2D eigenvalue weighted by Gasteiger charge is -2.19. The summed E-state index contributed by atoms with van der Waals surface area (Å²) >= 11 is 0. The van der Waals surface area contributed by atoms with Crippen molar-refractivity contribution in [1.82, 2.24) is 0 Å². The van der Waals surface area contributed by atoms with E-state index in [-0.39, 0.29) is 11.6 Å². The van der Waals surface area contributed by atoms with Gasteiger partial charge in [-0.05, 0) is 25.0 Å². The summed E-state index contributed by atoms with van der Waals surface area (Å²) in [5.74, 6) is -0.386. The van der Waals surface area contributed by atoms with E-state index in [1.54, 1.807) is 24.3 Å². The molecule has 0 spiro atoms. The molecule has 0 bridgehead atoms. The number of hydrogen-bond acceptors (Lipinski definition) is 4. The van der Waals surface area contributed by atoms with Crippen LogP contribution in [0.2, 0.25) is 0 Å². The Morgan fingerprint density at radius 2 is 1.00 bits per heavy atom. The first kappa shape index (κ1) is 16.1. The summed E-state index contributed by atoms with van der Waals surface area (Å²) in [4.78, 5) is 34.1. The highest BCUT2D eigenvalue weighted by Gasteiger charge is 2.24. The maximum absolute atomic E-state index is 11.8. The number of carbonyl (C=O) groups is 2. The van der Waals surface area contributed by atoms with Crippen molar-refractivity contribution in [3.8, 4) is 0 Å². The van der Waals surface area contributed by atoms with E-state index in [0.717, 1.165) is 0 Å². The molecule has 0 saturated carbocycles. The lowest BCUT2D eigenvalue weighted by molar-refractivity contribution is -0.340. The normalized spacial score (nSPS) is 13.4. The Bertz CT molecular complexity index is 565. The molecule has 0 radical (unpaired) electrons. The summed E-state index contributed by atoms with van der Waals surface area (Å²) < 4.78 is 0. The predicted octanol–water partition coefficient (Wildman–Crippen LogP) is 3.60. The second-order valence-electron chi connectivity index (χ2n) is 5.00. The highest BCUT2D eigenvalue weighted by molar-refractivity contribution is 5.82. The molecule has 4 heteroatoms. The summed E-state index contributed by atoms with van der Waals surface area (Å²) in [6, 6.07) is 18.1. The zero-order chi connectivity index (χ0) is 15.9. The molecular weight excluding hydrogens is 280 g/mol. The molecule has 2 aromatic rings. The molecule has 0 aliphatic carbocycles. The molecule has 2 unspecified atom stereocenters. The number of ketones is 2. The third-order valence-corrected chi connectivity index (χ3v) is 3.19. The lowest BCUT2D eigenvalue weighted by atomic mass is 10.1. The van der Waals surface area contributed by atoms with E-state index >= 15 is 0 Å². The molecular formula is C18H18O4. The van der Waals surface area contributed by atoms with Crippen molar-refractivity contribution in [2.24, 2.45) is 0 Å². The van der Waals surface area contributed by atoms with Crippen LogP contribution in [-0.4, -0.2) is 11.6 Å². The largest absolute Gasteiger partial charge is 0.297 e. The summed E-state index contributed by atoms with van der Waals surface area (Å²) in [7, 11) is 0. The smallest absolute Gasteiger partial charge is 0.176 e. The topological polar surface area (TPSA) is 52.6 Å². The number of benzene rings is 2. The third kappa shape index (κ3) is 4.10. The fourth-order valence-corrected chi connectivity index (χ4v) is 2.08. The van der Waals surface area contributed by atoms with Gasteiger partial charge >= 0.3 is 0 Å². The van der Waals surface area contributed by atoms with Gasteiger partial charge in [0.25, 0.3) is 0 Å². The first-order valence-electron chi connectivity index (χ1n) is 7.02. The maximum atomic E-state index is 11.8. The molecule has 22 heavy (non-hydrogen) atoms. The summed E-state index contributed by atoms with van der Waals surface area (Å²) in [5.41, 5.74) is 1.37. The van der Waals surface area contributed by atoms with Crippen molar-refractivity contribution in [3.05, 3.63) is 71.8 Å². The highest BCUT2D eigenvalue weighted by Crippen LogP contribution is 2.24. The number of carbonyl (C=O) groups excluding carboxylic acids is 2. The van der Waals surface area contributed by atoms with Crippen LogP contribution >= 0.6 is 0 Å². The zero-order valence-electron chi connectivity index (χ0n) is 12.6. The van der Waals surface area contributed by atoms with E-state index in [0.29, 0.717) is 11.1 Å². The average Bonchev–Trinajstić information content (AvgIpc) is 2.52. The molecule has 2 atom stereocenters. The number of hydrogen-bond donors (Lipinski definition) is 0. The van der Waals surface area contributed by atoms with Gasteiger partial charge in [0.1, 0.15) is 0 Å². The van der Waals surface area contributed by atoms with Gasteiger partial charge in [0, 0.05) is 0 Å². The molecule has 2 aromatic carbocycles. The number of Topliss-reactive ketones (excluding diaryl/α,β-unsaturated/α-hetero) is 2. The van der Waals surface area contributed by atoms with Gasteiger partial charge in [0.2, 0.25) is 0 Å². The van der Waals surface area contributed by atoms with E-state index in [9.17, 15) is 9.59 Å². The van der Waals surface area contributed by atoms with Gasteiger partial charge in [-0.25, -0.2) is 9.78 Å². The van der Waals surface area contributed by atoms with Crippen LogP contribution in [0.4, 0.5) is 0 Å². The Hall–Kier alpha value is -2.30. The fourth-order valence-electron chi connectivity index (χ4n) is 2.08. The molecule has 0 aliphatic heterocycles. The van der Waals surface area contributed by atoms with Crippen LogP contribution in [0.1, 0.15) is 37.2 Å². The summed E-state index contributed by atoms with van der Waals surface area (Å²) in [5, 5.41) is 0. The Balaban J connectivity index is 2.14. The molecule has 4 nitrogen and oxygen atoms in total. The minimum Gasteiger partial charge on any atom is -0.297 e. The molecule has 0 N–H and O–H groups in total. The van der Waals surface area contributed by atoms with Crippen LogP contribution in [0.3, 0.4) is 0 Å². The van der Waals surface area contributed by atoms with E-state index in [2.05, 4.69) is 0 Å². The van der Waals surface area contributed by atoms with Gasteiger partial charge < -0.3 is 0 Å². The standard InChI is InChI=1S/C18H18O4/c1-13(19)17(15-9-5-3-6-10-15)21-22-18(14(2)20)16-11-7-4-8-12-16/h3-12,17-18H,1-2H3. The van der Waals surface area contributed by atoms with Gasteiger partial charge in [0.05, 0.1) is 0 Å². The van der Waals surface area contributed by atoms with Crippen LogP contribution in [0.15, 0.2) is 60.7 Å². The van der Waals surface area contributed by atoms with Crippen LogP contribution < -0.4 is 0 Å².